The normalized spacial score (nSPS) is 13.0. The molecule has 0 unspecified atom stereocenters. The van der Waals surface area contributed by atoms with Crippen molar-refractivity contribution in [2.75, 3.05) is 0 Å². The van der Waals surface area contributed by atoms with Crippen LogP contribution in [-0.4, -0.2) is 15.0 Å². The van der Waals surface area contributed by atoms with E-state index in [0.29, 0.717) is 17.5 Å². The number of thiophene rings is 1. The zero-order chi connectivity index (χ0) is 33.1. The summed E-state index contributed by atoms with van der Waals surface area (Å²) >= 11 is 1.84. The Morgan fingerprint density at radius 1 is 0.360 bits per heavy atom. The van der Waals surface area contributed by atoms with Gasteiger partial charge in [0.05, 0.1) is 5.41 Å². The van der Waals surface area contributed by atoms with E-state index in [1.807, 2.05) is 72.0 Å². The summed E-state index contributed by atoms with van der Waals surface area (Å²) in [6, 6.07) is 62.8. The van der Waals surface area contributed by atoms with Gasteiger partial charge < -0.3 is 0 Å². The topological polar surface area (TPSA) is 38.7 Å². The second-order valence-electron chi connectivity index (χ2n) is 12.8. The first kappa shape index (κ1) is 28.8. The highest BCUT2D eigenvalue weighted by Gasteiger charge is 2.45. The lowest BCUT2D eigenvalue weighted by Crippen LogP contribution is -2.28. The van der Waals surface area contributed by atoms with Gasteiger partial charge in [0, 0.05) is 36.9 Å². The Bertz CT molecular complexity index is 2600. The maximum absolute atomic E-state index is 5.00. The predicted octanol–water partition coefficient (Wildman–Crippen LogP) is 11.6. The summed E-state index contributed by atoms with van der Waals surface area (Å²) in [6.45, 7) is 0. The Kier molecular flexibility index (Phi) is 6.58. The fraction of sp³-hybridized carbons (Fsp3) is 0.0217. The van der Waals surface area contributed by atoms with E-state index in [4.69, 9.17) is 15.0 Å². The molecular weight excluding hydrogens is 627 g/mol. The van der Waals surface area contributed by atoms with Crippen molar-refractivity contribution in [3.8, 4) is 45.3 Å². The lowest BCUT2D eigenvalue weighted by molar-refractivity contribution is 0.770. The van der Waals surface area contributed by atoms with Gasteiger partial charge in [0.15, 0.2) is 17.5 Å². The van der Waals surface area contributed by atoms with Crippen LogP contribution in [0.4, 0.5) is 0 Å². The van der Waals surface area contributed by atoms with Crippen molar-refractivity contribution < 1.29 is 0 Å². The lowest BCUT2D eigenvalue weighted by atomic mass is 9.67. The Labute approximate surface area is 294 Å². The zero-order valence-electron chi connectivity index (χ0n) is 27.0. The first-order valence-corrected chi connectivity index (χ1v) is 17.7. The van der Waals surface area contributed by atoms with Crippen LogP contribution in [0.3, 0.4) is 0 Å². The minimum absolute atomic E-state index is 0.420. The van der Waals surface area contributed by atoms with Crippen LogP contribution in [0.5, 0.6) is 0 Å². The minimum atomic E-state index is -0.420. The van der Waals surface area contributed by atoms with Crippen LogP contribution >= 0.6 is 11.3 Å². The van der Waals surface area contributed by atoms with Gasteiger partial charge in [-0.05, 0) is 57.6 Å². The van der Waals surface area contributed by atoms with Crippen LogP contribution in [0.1, 0.15) is 22.3 Å². The lowest BCUT2D eigenvalue weighted by Gasteiger charge is -2.33. The van der Waals surface area contributed by atoms with Gasteiger partial charge in [0.1, 0.15) is 0 Å². The molecule has 1 aliphatic carbocycles. The fourth-order valence-electron chi connectivity index (χ4n) is 7.80. The predicted molar refractivity (Wildman–Crippen MR) is 206 cm³/mol. The third kappa shape index (κ3) is 4.39. The number of hydrogen-bond acceptors (Lipinski definition) is 4. The number of aromatic nitrogens is 3. The van der Waals surface area contributed by atoms with Gasteiger partial charge in [0.25, 0.3) is 0 Å². The molecule has 10 rings (SSSR count). The number of fused-ring (bicyclic) bond motifs is 6. The maximum atomic E-state index is 5.00. The average molecular weight is 656 g/mol. The van der Waals surface area contributed by atoms with E-state index in [-0.39, 0.29) is 0 Å². The zero-order valence-corrected chi connectivity index (χ0v) is 27.8. The summed E-state index contributed by atoms with van der Waals surface area (Å²) in [5.74, 6) is 1.99. The molecule has 0 saturated carbocycles. The number of benzene rings is 7. The third-order valence-electron chi connectivity index (χ3n) is 10.0. The van der Waals surface area contributed by atoms with Gasteiger partial charge in [-0.1, -0.05) is 152 Å². The largest absolute Gasteiger partial charge is 0.208 e. The molecule has 0 aliphatic heterocycles. The summed E-state index contributed by atoms with van der Waals surface area (Å²) in [5, 5.41) is 2.44. The second-order valence-corrected chi connectivity index (χ2v) is 13.9. The van der Waals surface area contributed by atoms with Crippen LogP contribution in [0, 0.1) is 0 Å². The maximum Gasteiger partial charge on any atom is 0.164 e. The summed E-state index contributed by atoms with van der Waals surface area (Å²) in [6.07, 6.45) is 0. The van der Waals surface area contributed by atoms with Crippen molar-refractivity contribution in [1.82, 2.24) is 15.0 Å². The monoisotopic (exact) mass is 655 g/mol. The van der Waals surface area contributed by atoms with Gasteiger partial charge in [-0.25, -0.2) is 15.0 Å². The quantitative estimate of drug-likeness (QED) is 0.185. The van der Waals surface area contributed by atoms with Crippen molar-refractivity contribution in [2.24, 2.45) is 0 Å². The summed E-state index contributed by atoms with van der Waals surface area (Å²) < 4.78 is 2.50. The molecule has 3 nitrogen and oxygen atoms in total. The molecule has 9 aromatic rings. The smallest absolute Gasteiger partial charge is 0.164 e. The van der Waals surface area contributed by atoms with E-state index < -0.39 is 5.41 Å². The highest BCUT2D eigenvalue weighted by atomic mass is 32.1. The molecule has 50 heavy (non-hydrogen) atoms. The molecule has 0 radical (unpaired) electrons. The second kappa shape index (κ2) is 11.4. The van der Waals surface area contributed by atoms with E-state index >= 15 is 0 Å². The van der Waals surface area contributed by atoms with Gasteiger partial charge in [-0.2, -0.15) is 0 Å². The Hall–Kier alpha value is -6.23. The number of hydrogen-bond donors (Lipinski definition) is 0. The van der Waals surface area contributed by atoms with Gasteiger partial charge in [0.2, 0.25) is 0 Å². The van der Waals surface area contributed by atoms with E-state index in [1.165, 1.54) is 53.6 Å². The first-order chi connectivity index (χ1) is 24.8. The van der Waals surface area contributed by atoms with Crippen LogP contribution in [-0.2, 0) is 5.41 Å². The molecule has 4 heteroatoms. The highest BCUT2D eigenvalue weighted by Crippen LogP contribution is 2.56. The van der Waals surface area contributed by atoms with E-state index in [1.54, 1.807) is 0 Å². The molecule has 2 heterocycles. The van der Waals surface area contributed by atoms with E-state index in [0.717, 1.165) is 16.7 Å². The molecule has 2 aromatic heterocycles. The van der Waals surface area contributed by atoms with E-state index in [2.05, 4.69) is 115 Å². The molecule has 234 valence electrons. The molecule has 0 saturated heterocycles. The van der Waals surface area contributed by atoms with Crippen molar-refractivity contribution >= 4 is 31.5 Å². The molecule has 0 atom stereocenters. The van der Waals surface area contributed by atoms with Crippen LogP contribution in [0.25, 0.3) is 65.5 Å². The standard InChI is InChI=1S/C46H29N3S/c1-4-14-30(15-5-1)43-47-44(31-16-6-2-7-17-31)49-45(48-43)32-24-27-41-38(28-32)37-26-25-34(29-42(37)50-41)46(33-18-8-3-9-19-33)39-22-12-10-20-35(39)36-21-11-13-23-40(36)46/h1-29H. The van der Waals surface area contributed by atoms with Crippen LogP contribution < -0.4 is 0 Å². The third-order valence-corrected chi connectivity index (χ3v) is 11.2. The van der Waals surface area contributed by atoms with E-state index in [9.17, 15) is 0 Å². The fourth-order valence-corrected chi connectivity index (χ4v) is 8.92. The first-order valence-electron chi connectivity index (χ1n) is 16.9. The molecule has 0 fully saturated rings. The Morgan fingerprint density at radius 3 is 1.48 bits per heavy atom. The molecule has 0 amide bonds. The Morgan fingerprint density at radius 2 is 0.880 bits per heavy atom. The minimum Gasteiger partial charge on any atom is -0.208 e. The van der Waals surface area contributed by atoms with Crippen molar-refractivity contribution in [2.45, 2.75) is 5.41 Å². The van der Waals surface area contributed by atoms with Crippen molar-refractivity contribution in [3.63, 3.8) is 0 Å². The summed E-state index contributed by atoms with van der Waals surface area (Å²) in [5.41, 5.74) is 10.3. The number of rotatable bonds is 5. The molecular formula is C46H29N3S. The summed E-state index contributed by atoms with van der Waals surface area (Å²) in [4.78, 5) is 14.9. The molecule has 1 aliphatic rings. The number of nitrogens with zero attached hydrogens (tertiary/aromatic N) is 3. The average Bonchev–Trinajstić information content (AvgIpc) is 3.72. The van der Waals surface area contributed by atoms with Gasteiger partial charge >= 0.3 is 0 Å². The van der Waals surface area contributed by atoms with Crippen LogP contribution in [0.15, 0.2) is 176 Å². The molecule has 0 N–H and O–H groups in total. The van der Waals surface area contributed by atoms with Gasteiger partial charge in [-0.3, -0.25) is 0 Å². The molecule has 0 bridgehead atoms. The van der Waals surface area contributed by atoms with Crippen molar-refractivity contribution in [3.05, 3.63) is 198 Å². The molecule has 0 spiro atoms. The highest BCUT2D eigenvalue weighted by molar-refractivity contribution is 7.25. The van der Waals surface area contributed by atoms with Gasteiger partial charge in [-0.15, -0.1) is 11.3 Å². The summed E-state index contributed by atoms with van der Waals surface area (Å²) in [7, 11) is 0. The Balaban J connectivity index is 1.16. The van der Waals surface area contributed by atoms with Crippen LogP contribution in [0.2, 0.25) is 0 Å². The molecule has 7 aromatic carbocycles. The SMILES string of the molecule is c1ccc(-c2nc(-c3ccccc3)nc(-c3ccc4sc5cc(C6(c7ccccc7)c7ccccc7-c7ccccc76)ccc5c4c3)n2)cc1. The van der Waals surface area contributed by atoms with Crippen molar-refractivity contribution in [1.29, 1.82) is 0 Å².